The predicted molar refractivity (Wildman–Crippen MR) is 64.1 cm³/mol. The number of hydrogen-bond acceptors (Lipinski definition) is 4. The summed E-state index contributed by atoms with van der Waals surface area (Å²) in [7, 11) is 1.73. The van der Waals surface area contributed by atoms with E-state index in [-0.39, 0.29) is 11.7 Å². The van der Waals surface area contributed by atoms with Gasteiger partial charge in [0.25, 0.3) is 0 Å². The molecule has 0 unspecified atom stereocenters. The van der Waals surface area contributed by atoms with E-state index in [0.717, 1.165) is 10.6 Å². The van der Waals surface area contributed by atoms with Crippen LogP contribution in [0.1, 0.15) is 10.4 Å². The molecule has 1 amide bonds. The number of hydrogen-bond donors (Lipinski definition) is 2. The van der Waals surface area contributed by atoms with Gasteiger partial charge in [0.2, 0.25) is 5.91 Å². The maximum absolute atomic E-state index is 11.6. The SMILES string of the molecule is CNCC(=O)c1ccc2c(c1)NC(=O)CS2. The van der Waals surface area contributed by atoms with Gasteiger partial charge < -0.3 is 10.6 Å². The first kappa shape index (κ1) is 11.2. The van der Waals surface area contributed by atoms with Gasteiger partial charge in [-0.1, -0.05) is 6.07 Å². The maximum Gasteiger partial charge on any atom is 0.234 e. The lowest BCUT2D eigenvalue weighted by Gasteiger charge is -2.16. The molecule has 4 nitrogen and oxygen atoms in total. The normalized spacial score (nSPS) is 14.2. The molecule has 5 heteroatoms. The molecule has 2 rings (SSSR count). The van der Waals surface area contributed by atoms with Crippen molar-refractivity contribution in [3.8, 4) is 0 Å². The summed E-state index contributed by atoms with van der Waals surface area (Å²) in [5, 5.41) is 5.58. The van der Waals surface area contributed by atoms with Crippen LogP contribution in [0.4, 0.5) is 5.69 Å². The monoisotopic (exact) mass is 236 g/mol. The summed E-state index contributed by atoms with van der Waals surface area (Å²) in [4.78, 5) is 23.8. The molecule has 1 aliphatic heterocycles. The summed E-state index contributed by atoms with van der Waals surface area (Å²) >= 11 is 1.49. The molecule has 1 aliphatic rings. The van der Waals surface area contributed by atoms with Crippen molar-refractivity contribution in [3.63, 3.8) is 0 Å². The minimum Gasteiger partial charge on any atom is -0.324 e. The Kier molecular flexibility index (Phi) is 3.26. The molecular weight excluding hydrogens is 224 g/mol. The van der Waals surface area contributed by atoms with Crippen molar-refractivity contribution in [2.24, 2.45) is 0 Å². The van der Waals surface area contributed by atoms with Gasteiger partial charge in [-0.05, 0) is 19.2 Å². The molecule has 0 bridgehead atoms. The van der Waals surface area contributed by atoms with E-state index in [1.165, 1.54) is 11.8 Å². The van der Waals surface area contributed by atoms with Gasteiger partial charge in [-0.15, -0.1) is 11.8 Å². The van der Waals surface area contributed by atoms with Crippen LogP contribution in [0.3, 0.4) is 0 Å². The third-order valence-corrected chi connectivity index (χ3v) is 3.35. The highest BCUT2D eigenvalue weighted by Gasteiger charge is 2.16. The smallest absolute Gasteiger partial charge is 0.234 e. The van der Waals surface area contributed by atoms with Crippen molar-refractivity contribution in [3.05, 3.63) is 23.8 Å². The molecule has 84 valence electrons. The topological polar surface area (TPSA) is 58.2 Å². The number of ketones is 1. The number of carbonyl (C=O) groups excluding carboxylic acids is 2. The fourth-order valence-electron chi connectivity index (χ4n) is 1.52. The van der Waals surface area contributed by atoms with E-state index >= 15 is 0 Å². The van der Waals surface area contributed by atoms with Gasteiger partial charge >= 0.3 is 0 Å². The number of anilines is 1. The third-order valence-electron chi connectivity index (χ3n) is 2.27. The van der Waals surface area contributed by atoms with Crippen LogP contribution in [0, 0.1) is 0 Å². The number of carbonyl (C=O) groups is 2. The molecular formula is C11H12N2O2S. The Hall–Kier alpha value is -1.33. The van der Waals surface area contributed by atoms with E-state index in [9.17, 15) is 9.59 Å². The highest BCUT2D eigenvalue weighted by atomic mass is 32.2. The summed E-state index contributed by atoms with van der Waals surface area (Å²) in [5.74, 6) is 0.447. The third kappa shape index (κ3) is 2.25. The quantitative estimate of drug-likeness (QED) is 0.772. The summed E-state index contributed by atoms with van der Waals surface area (Å²) in [6.45, 7) is 0.305. The van der Waals surface area contributed by atoms with Gasteiger partial charge in [-0.3, -0.25) is 9.59 Å². The Morgan fingerprint density at radius 2 is 2.38 bits per heavy atom. The first-order valence-electron chi connectivity index (χ1n) is 4.95. The van der Waals surface area contributed by atoms with Crippen LogP contribution in [0.15, 0.2) is 23.1 Å². The van der Waals surface area contributed by atoms with Crippen LogP contribution in [-0.4, -0.2) is 31.0 Å². The van der Waals surface area contributed by atoms with Crippen LogP contribution in [0.5, 0.6) is 0 Å². The van der Waals surface area contributed by atoms with Gasteiger partial charge in [0, 0.05) is 10.5 Å². The summed E-state index contributed by atoms with van der Waals surface area (Å²) < 4.78 is 0. The second-order valence-electron chi connectivity index (χ2n) is 3.50. The number of benzene rings is 1. The van der Waals surface area contributed by atoms with Crippen molar-refractivity contribution in [1.29, 1.82) is 0 Å². The number of likely N-dealkylation sites (N-methyl/N-ethyl adjacent to an activating group) is 1. The summed E-state index contributed by atoms with van der Waals surface area (Å²) in [6.07, 6.45) is 0. The number of amides is 1. The van der Waals surface area contributed by atoms with Crippen molar-refractivity contribution >= 4 is 29.1 Å². The van der Waals surface area contributed by atoms with E-state index in [0.29, 0.717) is 17.9 Å². The van der Waals surface area contributed by atoms with E-state index in [1.54, 1.807) is 19.2 Å². The number of thioether (sulfide) groups is 1. The van der Waals surface area contributed by atoms with Crippen LogP contribution in [0.2, 0.25) is 0 Å². The minimum absolute atomic E-state index is 0.0179. The molecule has 0 saturated carbocycles. The Morgan fingerprint density at radius 3 is 3.12 bits per heavy atom. The Labute approximate surface area is 97.8 Å². The highest BCUT2D eigenvalue weighted by Crippen LogP contribution is 2.31. The standard InChI is InChI=1S/C11H12N2O2S/c1-12-5-9(14)7-2-3-10-8(4-7)13-11(15)6-16-10/h2-4,12H,5-6H2,1H3,(H,13,15). The first-order valence-corrected chi connectivity index (χ1v) is 5.94. The summed E-state index contributed by atoms with van der Waals surface area (Å²) in [6, 6.07) is 5.41. The fourth-order valence-corrected chi connectivity index (χ4v) is 2.31. The lowest BCUT2D eigenvalue weighted by Crippen LogP contribution is -2.21. The first-order chi connectivity index (χ1) is 7.70. The van der Waals surface area contributed by atoms with Crippen LogP contribution in [-0.2, 0) is 4.79 Å². The van der Waals surface area contributed by atoms with E-state index in [1.807, 2.05) is 6.07 Å². The van der Waals surface area contributed by atoms with Gasteiger partial charge in [-0.2, -0.15) is 0 Å². The molecule has 0 fully saturated rings. The molecule has 0 atom stereocenters. The predicted octanol–water partition coefficient (Wildman–Crippen LogP) is 1.13. The largest absolute Gasteiger partial charge is 0.324 e. The van der Waals surface area contributed by atoms with Crippen molar-refractivity contribution in [2.45, 2.75) is 4.90 Å². The molecule has 1 aromatic carbocycles. The summed E-state index contributed by atoms with van der Waals surface area (Å²) in [5.41, 5.74) is 1.36. The average Bonchev–Trinajstić information content (AvgIpc) is 2.28. The zero-order valence-corrected chi connectivity index (χ0v) is 9.69. The second-order valence-corrected chi connectivity index (χ2v) is 4.52. The molecule has 0 spiro atoms. The lowest BCUT2D eigenvalue weighted by molar-refractivity contribution is -0.113. The number of rotatable bonds is 3. The van der Waals surface area contributed by atoms with Crippen molar-refractivity contribution < 1.29 is 9.59 Å². The zero-order valence-electron chi connectivity index (χ0n) is 8.87. The molecule has 1 heterocycles. The Balaban J connectivity index is 2.27. The highest BCUT2D eigenvalue weighted by molar-refractivity contribution is 8.00. The minimum atomic E-state index is -0.0179. The zero-order chi connectivity index (χ0) is 11.5. The fraction of sp³-hybridized carbons (Fsp3) is 0.273. The van der Waals surface area contributed by atoms with Gasteiger partial charge in [0.05, 0.1) is 18.0 Å². The number of nitrogens with one attached hydrogen (secondary N) is 2. The Bertz CT molecular complexity index is 446. The maximum atomic E-state index is 11.6. The molecule has 0 radical (unpaired) electrons. The van der Waals surface area contributed by atoms with E-state index in [4.69, 9.17) is 0 Å². The van der Waals surface area contributed by atoms with E-state index < -0.39 is 0 Å². The Morgan fingerprint density at radius 1 is 1.56 bits per heavy atom. The van der Waals surface area contributed by atoms with Gasteiger partial charge in [-0.25, -0.2) is 0 Å². The molecule has 0 aromatic heterocycles. The van der Waals surface area contributed by atoms with Gasteiger partial charge in [0.1, 0.15) is 0 Å². The molecule has 0 saturated heterocycles. The number of Topliss-reactive ketones (excluding diaryl/α,β-unsaturated/α-hetero) is 1. The van der Waals surface area contributed by atoms with Crippen LogP contribution < -0.4 is 10.6 Å². The van der Waals surface area contributed by atoms with Crippen molar-refractivity contribution in [2.75, 3.05) is 24.7 Å². The van der Waals surface area contributed by atoms with Crippen molar-refractivity contribution in [1.82, 2.24) is 5.32 Å². The average molecular weight is 236 g/mol. The lowest BCUT2D eigenvalue weighted by atomic mass is 10.1. The molecule has 1 aromatic rings. The van der Waals surface area contributed by atoms with E-state index in [2.05, 4.69) is 10.6 Å². The molecule has 0 aliphatic carbocycles. The molecule has 16 heavy (non-hydrogen) atoms. The molecule has 2 N–H and O–H groups in total. The van der Waals surface area contributed by atoms with Crippen LogP contribution in [0.25, 0.3) is 0 Å². The van der Waals surface area contributed by atoms with Gasteiger partial charge in [0.15, 0.2) is 5.78 Å². The van der Waals surface area contributed by atoms with Crippen LogP contribution >= 0.6 is 11.8 Å². The number of fused-ring (bicyclic) bond motifs is 1. The second kappa shape index (κ2) is 4.67.